The number of halogens is 3. The molecule has 1 aromatic heterocycles. The van der Waals surface area contributed by atoms with Crippen LogP contribution in [-0.4, -0.2) is 15.9 Å². The summed E-state index contributed by atoms with van der Waals surface area (Å²) in [5.41, 5.74) is 2.62. The van der Waals surface area contributed by atoms with E-state index in [9.17, 15) is 13.6 Å². The first kappa shape index (κ1) is 18.7. The first-order chi connectivity index (χ1) is 12.8. The van der Waals surface area contributed by atoms with Crippen molar-refractivity contribution in [2.75, 3.05) is 10.6 Å². The van der Waals surface area contributed by atoms with E-state index in [1.54, 1.807) is 0 Å². The minimum Gasteiger partial charge on any atom is -0.323 e. The van der Waals surface area contributed by atoms with Gasteiger partial charge in [-0.25, -0.2) is 18.7 Å². The monoisotopic (exact) mass is 388 g/mol. The summed E-state index contributed by atoms with van der Waals surface area (Å²) >= 11 is 6.24. The summed E-state index contributed by atoms with van der Waals surface area (Å²) in [5.74, 6) is -1.95. The maximum absolute atomic E-state index is 13.6. The lowest BCUT2D eigenvalue weighted by Gasteiger charge is -2.11. The molecule has 0 saturated heterocycles. The van der Waals surface area contributed by atoms with Gasteiger partial charge in [-0.2, -0.15) is 0 Å². The van der Waals surface area contributed by atoms with E-state index < -0.39 is 17.5 Å². The number of carbonyl (C=O) groups is 1. The fraction of sp³-hybridized carbons (Fsp3) is 0.105. The largest absolute Gasteiger partial charge is 0.323 e. The van der Waals surface area contributed by atoms with Crippen LogP contribution in [0.3, 0.4) is 0 Å². The molecular formula is C19H15ClF2N4O. The Labute approximate surface area is 159 Å². The van der Waals surface area contributed by atoms with Crippen LogP contribution in [0.25, 0.3) is 0 Å². The molecular weight excluding hydrogens is 374 g/mol. The maximum Gasteiger partial charge on any atom is 0.258 e. The summed E-state index contributed by atoms with van der Waals surface area (Å²) < 4.78 is 26.5. The Kier molecular flexibility index (Phi) is 5.32. The second-order valence-corrected chi connectivity index (χ2v) is 6.34. The minimum absolute atomic E-state index is 0.121. The van der Waals surface area contributed by atoms with Gasteiger partial charge in [0.25, 0.3) is 5.91 Å². The van der Waals surface area contributed by atoms with Crippen molar-refractivity contribution in [2.24, 2.45) is 0 Å². The Morgan fingerprint density at radius 1 is 1.07 bits per heavy atom. The molecule has 0 spiro atoms. The minimum atomic E-state index is -0.868. The number of anilines is 3. The molecule has 0 aliphatic heterocycles. The average Bonchev–Trinajstić information content (AvgIpc) is 2.61. The van der Waals surface area contributed by atoms with E-state index in [1.807, 2.05) is 26.0 Å². The lowest BCUT2D eigenvalue weighted by Crippen LogP contribution is -2.14. The predicted octanol–water partition coefficient (Wildman–Crippen LogP) is 5.02. The third kappa shape index (κ3) is 4.38. The van der Waals surface area contributed by atoms with E-state index in [4.69, 9.17) is 11.6 Å². The number of aryl methyl sites for hydroxylation is 2. The van der Waals surface area contributed by atoms with Gasteiger partial charge in [-0.3, -0.25) is 4.79 Å². The van der Waals surface area contributed by atoms with Gasteiger partial charge in [0, 0.05) is 18.5 Å². The normalized spacial score (nSPS) is 10.6. The van der Waals surface area contributed by atoms with Crippen molar-refractivity contribution in [3.63, 3.8) is 0 Å². The number of benzene rings is 2. The van der Waals surface area contributed by atoms with Gasteiger partial charge < -0.3 is 10.6 Å². The molecule has 1 amide bonds. The number of nitrogens with one attached hydrogen (secondary N) is 2. The van der Waals surface area contributed by atoms with Crippen molar-refractivity contribution in [1.82, 2.24) is 9.97 Å². The van der Waals surface area contributed by atoms with Crippen LogP contribution in [0.5, 0.6) is 0 Å². The van der Waals surface area contributed by atoms with E-state index in [-0.39, 0.29) is 17.2 Å². The van der Waals surface area contributed by atoms with Gasteiger partial charge in [-0.05, 0) is 43.2 Å². The smallest absolute Gasteiger partial charge is 0.258 e. The van der Waals surface area contributed by atoms with Crippen molar-refractivity contribution in [2.45, 2.75) is 13.8 Å². The first-order valence-electron chi connectivity index (χ1n) is 7.95. The van der Waals surface area contributed by atoms with E-state index in [2.05, 4.69) is 20.6 Å². The van der Waals surface area contributed by atoms with Gasteiger partial charge >= 0.3 is 0 Å². The van der Waals surface area contributed by atoms with Gasteiger partial charge in [0.2, 0.25) is 5.95 Å². The SMILES string of the molecule is Cc1cc(C)c(Nc2ncc(C(=O)Nc3ccc(F)cc3F)cn2)c(Cl)c1. The second-order valence-electron chi connectivity index (χ2n) is 5.94. The molecule has 27 heavy (non-hydrogen) atoms. The molecule has 0 aliphatic rings. The number of hydrogen-bond acceptors (Lipinski definition) is 4. The van der Waals surface area contributed by atoms with Crippen LogP contribution in [-0.2, 0) is 0 Å². The van der Waals surface area contributed by atoms with Crippen molar-refractivity contribution >= 4 is 34.8 Å². The van der Waals surface area contributed by atoms with Crippen molar-refractivity contribution in [1.29, 1.82) is 0 Å². The van der Waals surface area contributed by atoms with Crippen molar-refractivity contribution < 1.29 is 13.6 Å². The third-order valence-corrected chi connectivity index (χ3v) is 4.06. The van der Waals surface area contributed by atoms with Crippen LogP contribution in [0, 0.1) is 25.5 Å². The Balaban J connectivity index is 1.74. The quantitative estimate of drug-likeness (QED) is 0.658. The second kappa shape index (κ2) is 7.67. The van der Waals surface area contributed by atoms with Crippen LogP contribution in [0.1, 0.15) is 21.5 Å². The van der Waals surface area contributed by atoms with Crippen LogP contribution < -0.4 is 10.6 Å². The number of carbonyl (C=O) groups excluding carboxylic acids is 1. The number of aromatic nitrogens is 2. The third-order valence-electron chi connectivity index (χ3n) is 3.76. The molecule has 0 aliphatic carbocycles. The highest BCUT2D eigenvalue weighted by Crippen LogP contribution is 2.29. The summed E-state index contributed by atoms with van der Waals surface area (Å²) in [7, 11) is 0. The Morgan fingerprint density at radius 2 is 1.78 bits per heavy atom. The predicted molar refractivity (Wildman–Crippen MR) is 101 cm³/mol. The molecule has 3 aromatic rings. The highest BCUT2D eigenvalue weighted by molar-refractivity contribution is 6.33. The molecule has 2 N–H and O–H groups in total. The summed E-state index contributed by atoms with van der Waals surface area (Å²) in [5, 5.41) is 5.89. The van der Waals surface area contributed by atoms with Gasteiger partial charge in [0.1, 0.15) is 11.6 Å². The molecule has 0 radical (unpaired) electrons. The summed E-state index contributed by atoms with van der Waals surface area (Å²) in [6.07, 6.45) is 2.59. The summed E-state index contributed by atoms with van der Waals surface area (Å²) in [6.45, 7) is 3.84. The van der Waals surface area contributed by atoms with E-state index in [1.165, 1.54) is 12.4 Å². The van der Waals surface area contributed by atoms with E-state index in [0.29, 0.717) is 16.8 Å². The molecule has 0 fully saturated rings. The van der Waals surface area contributed by atoms with Crippen LogP contribution in [0.4, 0.5) is 26.1 Å². The molecule has 2 aromatic carbocycles. The van der Waals surface area contributed by atoms with Crippen LogP contribution in [0.15, 0.2) is 42.7 Å². The molecule has 1 heterocycles. The number of nitrogens with zero attached hydrogens (tertiary/aromatic N) is 2. The summed E-state index contributed by atoms with van der Waals surface area (Å²) in [6, 6.07) is 6.66. The maximum atomic E-state index is 13.6. The molecule has 0 unspecified atom stereocenters. The topological polar surface area (TPSA) is 66.9 Å². The number of rotatable bonds is 4. The zero-order valence-electron chi connectivity index (χ0n) is 14.5. The molecule has 3 rings (SSSR count). The van der Waals surface area contributed by atoms with Crippen molar-refractivity contribution in [3.8, 4) is 0 Å². The average molecular weight is 389 g/mol. The highest BCUT2D eigenvalue weighted by Gasteiger charge is 2.12. The molecule has 0 saturated carbocycles. The standard InChI is InChI=1S/C19H15ClF2N4O/c1-10-5-11(2)17(14(20)6-10)26-19-23-8-12(9-24-19)18(27)25-16-4-3-13(21)7-15(16)22/h3-9H,1-2H3,(H,25,27)(H,23,24,26). The first-order valence-corrected chi connectivity index (χ1v) is 8.33. The van der Waals surface area contributed by atoms with Gasteiger partial charge in [-0.15, -0.1) is 0 Å². The van der Waals surface area contributed by atoms with Gasteiger partial charge in [0.15, 0.2) is 0 Å². The number of hydrogen-bond donors (Lipinski definition) is 2. The molecule has 138 valence electrons. The lowest BCUT2D eigenvalue weighted by atomic mass is 10.1. The van der Waals surface area contributed by atoms with Gasteiger partial charge in [0.05, 0.1) is 22.0 Å². The zero-order chi connectivity index (χ0) is 19.6. The molecule has 0 atom stereocenters. The van der Waals surface area contributed by atoms with Crippen molar-refractivity contribution in [3.05, 3.63) is 76.1 Å². The Bertz CT molecular complexity index is 986. The van der Waals surface area contributed by atoms with Crippen LogP contribution >= 0.6 is 11.6 Å². The molecule has 8 heteroatoms. The van der Waals surface area contributed by atoms with E-state index >= 15 is 0 Å². The fourth-order valence-electron chi connectivity index (χ4n) is 2.48. The number of amides is 1. The highest BCUT2D eigenvalue weighted by atomic mass is 35.5. The van der Waals surface area contributed by atoms with Gasteiger partial charge in [-0.1, -0.05) is 17.7 Å². The molecule has 5 nitrogen and oxygen atoms in total. The van der Waals surface area contributed by atoms with E-state index in [0.717, 1.165) is 23.3 Å². The summed E-state index contributed by atoms with van der Waals surface area (Å²) in [4.78, 5) is 20.3. The molecule has 0 bridgehead atoms. The Hall–Kier alpha value is -3.06. The van der Waals surface area contributed by atoms with Crippen LogP contribution in [0.2, 0.25) is 5.02 Å². The lowest BCUT2D eigenvalue weighted by molar-refractivity contribution is 0.102. The fourth-order valence-corrected chi connectivity index (χ4v) is 2.85. The zero-order valence-corrected chi connectivity index (χ0v) is 15.2. The Morgan fingerprint density at radius 3 is 2.41 bits per heavy atom.